The molecule has 15 heavy (non-hydrogen) atoms. The number of hydrogen-bond acceptors (Lipinski definition) is 2. The van der Waals surface area contributed by atoms with Crippen LogP contribution in [0.2, 0.25) is 0 Å². The van der Waals surface area contributed by atoms with Crippen molar-refractivity contribution >= 4 is 0 Å². The molecule has 0 radical (unpaired) electrons. The lowest BCUT2D eigenvalue weighted by Crippen LogP contribution is -2.50. The molecular formula is C13H26N2. The molecule has 0 spiro atoms. The first-order valence-corrected chi connectivity index (χ1v) is 6.70. The molecule has 2 rings (SSSR count). The second-order valence-corrected chi connectivity index (χ2v) is 5.59. The van der Waals surface area contributed by atoms with E-state index in [1.54, 1.807) is 0 Å². The lowest BCUT2D eigenvalue weighted by molar-refractivity contribution is 0.0521. The summed E-state index contributed by atoms with van der Waals surface area (Å²) in [6, 6.07) is 1.57. The second-order valence-electron chi connectivity index (χ2n) is 5.59. The van der Waals surface area contributed by atoms with Crippen molar-refractivity contribution in [3.05, 3.63) is 0 Å². The molecule has 88 valence electrons. The van der Waals surface area contributed by atoms with Crippen LogP contribution in [0.15, 0.2) is 0 Å². The van der Waals surface area contributed by atoms with Crippen LogP contribution in [0.1, 0.15) is 46.0 Å². The van der Waals surface area contributed by atoms with Crippen LogP contribution in [0, 0.1) is 11.8 Å². The van der Waals surface area contributed by atoms with Crippen LogP contribution < -0.4 is 5.73 Å². The minimum Gasteiger partial charge on any atom is -0.330 e. The van der Waals surface area contributed by atoms with Gasteiger partial charge in [-0.15, -0.1) is 0 Å². The summed E-state index contributed by atoms with van der Waals surface area (Å²) < 4.78 is 0. The van der Waals surface area contributed by atoms with Crippen LogP contribution in [-0.2, 0) is 0 Å². The highest BCUT2D eigenvalue weighted by atomic mass is 15.2. The van der Waals surface area contributed by atoms with Crippen LogP contribution >= 0.6 is 0 Å². The van der Waals surface area contributed by atoms with E-state index >= 15 is 0 Å². The fraction of sp³-hybridized carbons (Fsp3) is 1.00. The summed E-state index contributed by atoms with van der Waals surface area (Å²) in [5, 5.41) is 0. The van der Waals surface area contributed by atoms with Crippen molar-refractivity contribution in [2.45, 2.75) is 58.0 Å². The van der Waals surface area contributed by atoms with E-state index in [1.807, 2.05) is 0 Å². The van der Waals surface area contributed by atoms with Gasteiger partial charge in [0.1, 0.15) is 0 Å². The van der Waals surface area contributed by atoms with Crippen molar-refractivity contribution in [3.63, 3.8) is 0 Å². The van der Waals surface area contributed by atoms with Gasteiger partial charge >= 0.3 is 0 Å². The van der Waals surface area contributed by atoms with Gasteiger partial charge in [-0.2, -0.15) is 0 Å². The highest BCUT2D eigenvalue weighted by Crippen LogP contribution is 2.34. The average molecular weight is 210 g/mol. The Morgan fingerprint density at radius 2 is 1.93 bits per heavy atom. The third-order valence-electron chi connectivity index (χ3n) is 4.77. The zero-order chi connectivity index (χ0) is 10.8. The first-order valence-electron chi connectivity index (χ1n) is 6.70. The molecule has 1 aliphatic heterocycles. The topological polar surface area (TPSA) is 29.3 Å². The van der Waals surface area contributed by atoms with Crippen molar-refractivity contribution in [2.75, 3.05) is 13.1 Å². The first-order chi connectivity index (χ1) is 7.24. The van der Waals surface area contributed by atoms with E-state index in [4.69, 9.17) is 5.73 Å². The monoisotopic (exact) mass is 210 g/mol. The van der Waals surface area contributed by atoms with Crippen LogP contribution in [0.5, 0.6) is 0 Å². The molecule has 2 heteroatoms. The Kier molecular flexibility index (Phi) is 3.68. The van der Waals surface area contributed by atoms with Gasteiger partial charge < -0.3 is 5.73 Å². The van der Waals surface area contributed by atoms with E-state index < -0.39 is 0 Å². The summed E-state index contributed by atoms with van der Waals surface area (Å²) in [6.07, 6.45) is 6.94. The number of rotatable bonds is 2. The van der Waals surface area contributed by atoms with E-state index in [9.17, 15) is 0 Å². The Hall–Kier alpha value is -0.0800. The van der Waals surface area contributed by atoms with Crippen molar-refractivity contribution in [2.24, 2.45) is 17.6 Å². The fourth-order valence-electron chi connectivity index (χ4n) is 3.56. The summed E-state index contributed by atoms with van der Waals surface area (Å²) in [7, 11) is 0. The van der Waals surface area contributed by atoms with Crippen molar-refractivity contribution in [1.29, 1.82) is 0 Å². The zero-order valence-corrected chi connectivity index (χ0v) is 10.3. The maximum Gasteiger partial charge on any atom is 0.0138 e. The third kappa shape index (κ3) is 2.21. The third-order valence-corrected chi connectivity index (χ3v) is 4.77. The van der Waals surface area contributed by atoms with Crippen molar-refractivity contribution < 1.29 is 0 Å². The van der Waals surface area contributed by atoms with E-state index in [0.29, 0.717) is 0 Å². The molecule has 0 amide bonds. The molecule has 2 aliphatic rings. The predicted octanol–water partition coefficient (Wildman–Crippen LogP) is 2.23. The number of nitrogens with two attached hydrogens (primary N) is 1. The summed E-state index contributed by atoms with van der Waals surface area (Å²) in [5.74, 6) is 1.65. The second kappa shape index (κ2) is 4.84. The van der Waals surface area contributed by atoms with Crippen LogP contribution in [0.25, 0.3) is 0 Å². The van der Waals surface area contributed by atoms with Gasteiger partial charge in [-0.1, -0.05) is 13.3 Å². The Morgan fingerprint density at radius 1 is 1.13 bits per heavy atom. The quantitative estimate of drug-likeness (QED) is 0.757. The first kappa shape index (κ1) is 11.4. The minimum atomic E-state index is 0.774. The van der Waals surface area contributed by atoms with Gasteiger partial charge in [0, 0.05) is 12.1 Å². The van der Waals surface area contributed by atoms with Crippen LogP contribution in [-0.4, -0.2) is 30.1 Å². The molecular weight excluding hydrogens is 184 g/mol. The molecule has 0 bridgehead atoms. The highest BCUT2D eigenvalue weighted by molar-refractivity contribution is 4.91. The number of piperidine rings is 1. The van der Waals surface area contributed by atoms with Gasteiger partial charge in [0.15, 0.2) is 0 Å². The van der Waals surface area contributed by atoms with Crippen molar-refractivity contribution in [1.82, 2.24) is 4.90 Å². The molecule has 4 atom stereocenters. The Bertz CT molecular complexity index is 205. The fourth-order valence-corrected chi connectivity index (χ4v) is 3.56. The van der Waals surface area contributed by atoms with E-state index in [2.05, 4.69) is 18.7 Å². The molecule has 2 nitrogen and oxygen atoms in total. The van der Waals surface area contributed by atoms with E-state index in [0.717, 1.165) is 30.5 Å². The molecule has 1 heterocycles. The maximum absolute atomic E-state index is 5.88. The predicted molar refractivity (Wildman–Crippen MR) is 64.7 cm³/mol. The molecule has 4 unspecified atom stereocenters. The number of likely N-dealkylation sites (tertiary alicyclic amines) is 1. The SMILES string of the molecule is CC1CCCN(C2CCCC2CN)C1C. The van der Waals surface area contributed by atoms with E-state index in [1.165, 1.54) is 38.6 Å². The molecule has 0 aromatic rings. The normalized spacial score (nSPS) is 43.4. The largest absolute Gasteiger partial charge is 0.330 e. The van der Waals surface area contributed by atoms with Gasteiger partial charge in [-0.3, -0.25) is 4.90 Å². The van der Waals surface area contributed by atoms with Crippen LogP contribution in [0.4, 0.5) is 0 Å². The summed E-state index contributed by atoms with van der Waals surface area (Å²) in [6.45, 7) is 7.02. The lowest BCUT2D eigenvalue weighted by Gasteiger charge is -2.43. The molecule has 0 aromatic carbocycles. The number of hydrogen-bond donors (Lipinski definition) is 1. The van der Waals surface area contributed by atoms with Crippen LogP contribution in [0.3, 0.4) is 0 Å². The smallest absolute Gasteiger partial charge is 0.0138 e. The Morgan fingerprint density at radius 3 is 2.67 bits per heavy atom. The lowest BCUT2D eigenvalue weighted by atomic mass is 9.88. The molecule has 1 aliphatic carbocycles. The Balaban J connectivity index is 2.01. The summed E-state index contributed by atoms with van der Waals surface area (Å²) in [4.78, 5) is 2.76. The summed E-state index contributed by atoms with van der Waals surface area (Å²) >= 11 is 0. The molecule has 0 aromatic heterocycles. The Labute approximate surface area is 94.2 Å². The zero-order valence-electron chi connectivity index (χ0n) is 10.3. The van der Waals surface area contributed by atoms with Gasteiger partial charge in [0.05, 0.1) is 0 Å². The minimum absolute atomic E-state index is 0.774. The molecule has 1 saturated heterocycles. The highest BCUT2D eigenvalue weighted by Gasteiger charge is 2.36. The van der Waals surface area contributed by atoms with Gasteiger partial charge in [-0.25, -0.2) is 0 Å². The van der Waals surface area contributed by atoms with Gasteiger partial charge in [-0.05, 0) is 57.5 Å². The standard InChI is InChI=1S/C13H26N2/c1-10-5-4-8-15(11(10)2)13-7-3-6-12(13)9-14/h10-13H,3-9,14H2,1-2H3. The van der Waals surface area contributed by atoms with Gasteiger partial charge in [0.25, 0.3) is 0 Å². The van der Waals surface area contributed by atoms with Crippen molar-refractivity contribution in [3.8, 4) is 0 Å². The molecule has 1 saturated carbocycles. The number of nitrogens with zero attached hydrogens (tertiary/aromatic N) is 1. The molecule has 2 N–H and O–H groups in total. The average Bonchev–Trinajstić information content (AvgIpc) is 2.70. The molecule has 2 fully saturated rings. The maximum atomic E-state index is 5.88. The summed E-state index contributed by atoms with van der Waals surface area (Å²) in [5.41, 5.74) is 5.88. The van der Waals surface area contributed by atoms with E-state index in [-0.39, 0.29) is 0 Å². The van der Waals surface area contributed by atoms with Gasteiger partial charge in [0.2, 0.25) is 0 Å².